The Morgan fingerprint density at radius 3 is 2.71 bits per heavy atom. The fraction of sp³-hybridized carbons (Fsp3) is 0.393. The summed E-state index contributed by atoms with van der Waals surface area (Å²) >= 11 is 1.43. The molecule has 6 nitrogen and oxygen atoms in total. The molecule has 5 rings (SSSR count). The van der Waals surface area contributed by atoms with Crippen molar-refractivity contribution in [1.82, 2.24) is 15.2 Å². The number of rotatable bonds is 8. The summed E-state index contributed by atoms with van der Waals surface area (Å²) in [6.45, 7) is 5.73. The molecular formula is C28H31N3O3S. The first-order valence-corrected chi connectivity index (χ1v) is 13.2. The van der Waals surface area contributed by atoms with Crippen LogP contribution >= 0.6 is 11.3 Å². The van der Waals surface area contributed by atoms with E-state index in [0.717, 1.165) is 34.8 Å². The number of aromatic nitrogens is 1. The van der Waals surface area contributed by atoms with Gasteiger partial charge in [0, 0.05) is 24.9 Å². The van der Waals surface area contributed by atoms with Crippen LogP contribution < -0.4 is 10.1 Å². The van der Waals surface area contributed by atoms with Gasteiger partial charge in [-0.3, -0.25) is 9.59 Å². The predicted octanol–water partition coefficient (Wildman–Crippen LogP) is 5.05. The van der Waals surface area contributed by atoms with Crippen LogP contribution in [-0.2, 0) is 17.8 Å². The molecule has 1 aliphatic carbocycles. The Hall–Kier alpha value is -3.19. The smallest absolute Gasteiger partial charge is 0.270 e. The lowest BCUT2D eigenvalue weighted by Gasteiger charge is -2.38. The summed E-state index contributed by atoms with van der Waals surface area (Å²) in [4.78, 5) is 31.6. The summed E-state index contributed by atoms with van der Waals surface area (Å²) in [7, 11) is 0. The molecule has 0 bridgehead atoms. The quantitative estimate of drug-likeness (QED) is 0.480. The zero-order valence-electron chi connectivity index (χ0n) is 20.3. The largest absolute Gasteiger partial charge is 0.486 e. The van der Waals surface area contributed by atoms with Crippen molar-refractivity contribution in [1.29, 1.82) is 0 Å². The van der Waals surface area contributed by atoms with Gasteiger partial charge in [0.2, 0.25) is 5.91 Å². The first kappa shape index (κ1) is 23.5. The number of benzene rings is 2. The molecule has 0 saturated heterocycles. The van der Waals surface area contributed by atoms with Crippen molar-refractivity contribution in [3.8, 4) is 5.75 Å². The topological polar surface area (TPSA) is 71.5 Å². The zero-order chi connectivity index (χ0) is 24.4. The van der Waals surface area contributed by atoms with Crippen LogP contribution in [0.15, 0.2) is 47.8 Å². The van der Waals surface area contributed by atoms with E-state index in [0.29, 0.717) is 31.2 Å². The van der Waals surface area contributed by atoms with Gasteiger partial charge in [0.05, 0.1) is 6.04 Å². The number of aryl methyl sites for hydroxylation is 1. The van der Waals surface area contributed by atoms with Crippen LogP contribution in [0.4, 0.5) is 0 Å². The molecule has 3 aromatic rings. The molecule has 2 amide bonds. The van der Waals surface area contributed by atoms with E-state index in [1.165, 1.54) is 35.3 Å². The lowest BCUT2D eigenvalue weighted by Crippen LogP contribution is -2.40. The van der Waals surface area contributed by atoms with E-state index in [4.69, 9.17) is 4.74 Å². The van der Waals surface area contributed by atoms with Crippen LogP contribution in [0, 0.1) is 12.8 Å². The lowest BCUT2D eigenvalue weighted by molar-refractivity contribution is -0.132. The number of hydrogen-bond acceptors (Lipinski definition) is 5. The number of ether oxygens (including phenoxy) is 1. The molecule has 35 heavy (non-hydrogen) atoms. The van der Waals surface area contributed by atoms with Crippen LogP contribution in [0.3, 0.4) is 0 Å². The van der Waals surface area contributed by atoms with Crippen molar-refractivity contribution >= 4 is 23.2 Å². The van der Waals surface area contributed by atoms with Crippen molar-refractivity contribution in [2.45, 2.75) is 52.2 Å². The Kier molecular flexibility index (Phi) is 6.86. The van der Waals surface area contributed by atoms with E-state index in [-0.39, 0.29) is 17.9 Å². The van der Waals surface area contributed by atoms with Crippen molar-refractivity contribution < 1.29 is 14.3 Å². The molecule has 1 N–H and O–H groups in total. The Morgan fingerprint density at radius 2 is 1.97 bits per heavy atom. The van der Waals surface area contributed by atoms with Crippen molar-refractivity contribution in [2.75, 3.05) is 13.1 Å². The van der Waals surface area contributed by atoms with Gasteiger partial charge in [0.15, 0.2) is 0 Å². The summed E-state index contributed by atoms with van der Waals surface area (Å²) in [5, 5.41) is 5.50. The standard InChI is InChI=1S/C28H31N3O3S/c1-3-26(32)31-13-12-20-10-11-22(14-23(20)27(31)21-8-4-18(2)5-9-21)34-16-25-30-24(17-35-25)28(33)29-15-19-6-7-19/h4-5,8-11,14,17,19,27H,3,6-7,12-13,15-16H2,1-2H3,(H,29,33). The highest BCUT2D eigenvalue weighted by atomic mass is 32.1. The lowest BCUT2D eigenvalue weighted by atomic mass is 9.87. The van der Waals surface area contributed by atoms with Crippen molar-refractivity contribution in [3.63, 3.8) is 0 Å². The molecule has 2 aliphatic rings. The molecule has 0 spiro atoms. The highest BCUT2D eigenvalue weighted by Gasteiger charge is 2.31. The third kappa shape index (κ3) is 5.40. The number of amides is 2. The molecule has 1 saturated carbocycles. The van der Waals surface area contributed by atoms with E-state index in [1.54, 1.807) is 5.38 Å². The molecule has 1 unspecified atom stereocenters. The van der Waals surface area contributed by atoms with Gasteiger partial charge >= 0.3 is 0 Å². The number of fused-ring (bicyclic) bond motifs is 1. The number of thiazole rings is 1. The average Bonchev–Trinajstić information content (AvgIpc) is 3.60. The normalized spacial score (nSPS) is 17.1. The average molecular weight is 490 g/mol. The maximum atomic E-state index is 12.8. The molecule has 1 fully saturated rings. The van der Waals surface area contributed by atoms with Crippen molar-refractivity contribution in [3.05, 3.63) is 80.8 Å². The van der Waals surface area contributed by atoms with E-state index in [2.05, 4.69) is 53.6 Å². The number of carbonyl (C=O) groups excluding carboxylic acids is 2. The van der Waals surface area contributed by atoms with Gasteiger partial charge in [-0.2, -0.15) is 0 Å². The zero-order valence-corrected chi connectivity index (χ0v) is 21.1. The third-order valence-electron chi connectivity index (χ3n) is 6.76. The van der Waals surface area contributed by atoms with Gasteiger partial charge in [-0.15, -0.1) is 11.3 Å². The second kappa shape index (κ2) is 10.2. The number of nitrogens with zero attached hydrogens (tertiary/aromatic N) is 2. The van der Waals surface area contributed by atoms with Crippen LogP contribution in [0.2, 0.25) is 0 Å². The van der Waals surface area contributed by atoms with E-state index in [9.17, 15) is 9.59 Å². The van der Waals surface area contributed by atoms with E-state index in [1.807, 2.05) is 17.9 Å². The Balaban J connectivity index is 1.33. The van der Waals surface area contributed by atoms with Crippen LogP contribution in [0.1, 0.15) is 70.0 Å². The van der Waals surface area contributed by atoms with E-state index < -0.39 is 0 Å². The van der Waals surface area contributed by atoms with Gasteiger partial charge in [0.25, 0.3) is 5.91 Å². The second-order valence-corrected chi connectivity index (χ2v) is 10.4. The summed E-state index contributed by atoms with van der Waals surface area (Å²) in [6.07, 6.45) is 3.71. The van der Waals surface area contributed by atoms with Gasteiger partial charge in [-0.05, 0) is 60.9 Å². The Morgan fingerprint density at radius 1 is 1.17 bits per heavy atom. The number of carbonyl (C=O) groups is 2. The molecule has 1 aliphatic heterocycles. The van der Waals surface area contributed by atoms with Gasteiger partial charge in [-0.25, -0.2) is 4.98 Å². The maximum Gasteiger partial charge on any atom is 0.270 e. The fourth-order valence-electron chi connectivity index (χ4n) is 4.54. The first-order chi connectivity index (χ1) is 17.0. The molecule has 1 aromatic heterocycles. The van der Waals surface area contributed by atoms with Crippen molar-refractivity contribution in [2.24, 2.45) is 5.92 Å². The summed E-state index contributed by atoms with van der Waals surface area (Å²) in [5.74, 6) is 1.41. The Bertz CT molecular complexity index is 1220. The third-order valence-corrected chi connectivity index (χ3v) is 7.58. The summed E-state index contributed by atoms with van der Waals surface area (Å²) in [6, 6.07) is 14.5. The molecule has 182 valence electrons. The SMILES string of the molecule is CCC(=O)N1CCc2ccc(OCc3nc(C(=O)NCC4CC4)cs3)cc2C1c1ccc(C)cc1. The first-order valence-electron chi connectivity index (χ1n) is 12.4. The number of hydrogen-bond donors (Lipinski definition) is 1. The highest BCUT2D eigenvalue weighted by Crippen LogP contribution is 2.37. The molecule has 1 atom stereocenters. The minimum atomic E-state index is -0.128. The second-order valence-electron chi connectivity index (χ2n) is 9.43. The van der Waals surface area contributed by atoms with Gasteiger partial charge in [0.1, 0.15) is 23.1 Å². The maximum absolute atomic E-state index is 12.8. The summed E-state index contributed by atoms with van der Waals surface area (Å²) < 4.78 is 6.10. The minimum Gasteiger partial charge on any atom is -0.486 e. The van der Waals surface area contributed by atoms with Crippen LogP contribution in [-0.4, -0.2) is 34.8 Å². The van der Waals surface area contributed by atoms with Crippen LogP contribution in [0.5, 0.6) is 5.75 Å². The van der Waals surface area contributed by atoms with Crippen LogP contribution in [0.25, 0.3) is 0 Å². The van der Waals surface area contributed by atoms with Gasteiger partial charge < -0.3 is 15.0 Å². The molecule has 0 radical (unpaired) electrons. The molecule has 2 heterocycles. The fourth-order valence-corrected chi connectivity index (χ4v) is 5.22. The predicted molar refractivity (Wildman–Crippen MR) is 137 cm³/mol. The number of nitrogens with one attached hydrogen (secondary N) is 1. The highest BCUT2D eigenvalue weighted by molar-refractivity contribution is 7.09. The molecular weight excluding hydrogens is 458 g/mol. The molecule has 2 aromatic carbocycles. The molecule has 7 heteroatoms. The Labute approximate surface area is 210 Å². The van der Waals surface area contributed by atoms with E-state index >= 15 is 0 Å². The van der Waals surface area contributed by atoms with Gasteiger partial charge in [-0.1, -0.05) is 42.8 Å². The minimum absolute atomic E-state index is 0.116. The summed E-state index contributed by atoms with van der Waals surface area (Å²) in [5.41, 5.74) is 5.11. The monoisotopic (exact) mass is 489 g/mol.